The van der Waals surface area contributed by atoms with E-state index < -0.39 is 23.7 Å². The third kappa shape index (κ3) is 3.47. The number of hydrogen-bond donors (Lipinski definition) is 2. The average Bonchev–Trinajstić information content (AvgIpc) is 2.95. The molecule has 0 spiro atoms. The first-order valence-corrected chi connectivity index (χ1v) is 6.93. The van der Waals surface area contributed by atoms with Crippen molar-refractivity contribution in [2.24, 2.45) is 0 Å². The third-order valence-corrected chi connectivity index (χ3v) is 3.49. The van der Waals surface area contributed by atoms with Crippen molar-refractivity contribution >= 4 is 34.2 Å². The van der Waals surface area contributed by atoms with E-state index in [2.05, 4.69) is 10.1 Å². The van der Waals surface area contributed by atoms with Gasteiger partial charge in [-0.05, 0) is 23.6 Å². The number of methoxy groups -OCH3 is 1. The Labute approximate surface area is 128 Å². The van der Waals surface area contributed by atoms with E-state index in [1.165, 1.54) is 24.3 Å². The van der Waals surface area contributed by atoms with Crippen LogP contribution in [-0.4, -0.2) is 25.0 Å². The van der Waals surface area contributed by atoms with Crippen molar-refractivity contribution in [3.05, 3.63) is 52.7 Å². The Balaban J connectivity index is 2.16. The first-order chi connectivity index (χ1) is 10.5. The lowest BCUT2D eigenvalue weighted by atomic mass is 10.2. The summed E-state index contributed by atoms with van der Waals surface area (Å²) >= 11 is 1.07. The second-order valence-electron chi connectivity index (χ2n) is 4.04. The molecule has 0 bridgehead atoms. The van der Waals surface area contributed by atoms with Crippen LogP contribution in [0.2, 0.25) is 0 Å². The molecule has 0 unspecified atom stereocenters. The Bertz CT molecular complexity index is 729. The fourth-order valence-electron chi connectivity index (χ4n) is 1.61. The lowest BCUT2D eigenvalue weighted by Crippen LogP contribution is -2.30. The summed E-state index contributed by atoms with van der Waals surface area (Å²) in [7, 11) is 1.12. The van der Waals surface area contributed by atoms with Gasteiger partial charge in [0.05, 0.1) is 18.2 Å². The van der Waals surface area contributed by atoms with Gasteiger partial charge in [0.2, 0.25) is 0 Å². The minimum Gasteiger partial charge on any atom is -0.453 e. The van der Waals surface area contributed by atoms with Gasteiger partial charge in [-0.2, -0.15) is 0 Å². The van der Waals surface area contributed by atoms with E-state index in [1.807, 2.05) is 5.32 Å². The molecule has 0 saturated heterocycles. The van der Waals surface area contributed by atoms with Crippen LogP contribution in [0.15, 0.2) is 35.7 Å². The summed E-state index contributed by atoms with van der Waals surface area (Å²) in [5, 5.41) is 6.19. The number of hydrogen-bond acceptors (Lipinski definition) is 5. The van der Waals surface area contributed by atoms with Crippen molar-refractivity contribution < 1.29 is 23.5 Å². The number of carbonyl (C=O) groups is 3. The number of imide groups is 1. The lowest BCUT2D eigenvalue weighted by Gasteiger charge is -2.07. The van der Waals surface area contributed by atoms with Crippen LogP contribution in [0.4, 0.5) is 14.2 Å². The summed E-state index contributed by atoms with van der Waals surface area (Å²) in [5.41, 5.74) is -0.0599. The Morgan fingerprint density at radius 3 is 2.50 bits per heavy atom. The Morgan fingerprint density at radius 2 is 1.82 bits per heavy atom. The molecule has 2 aromatic rings. The van der Waals surface area contributed by atoms with Crippen molar-refractivity contribution in [1.82, 2.24) is 5.32 Å². The fraction of sp³-hybridized carbons (Fsp3) is 0.0714. The molecular formula is C14H11FN2O4S. The topological polar surface area (TPSA) is 84.5 Å². The summed E-state index contributed by atoms with van der Waals surface area (Å²) in [6.07, 6.45) is -0.914. The Kier molecular flexibility index (Phi) is 4.84. The zero-order valence-corrected chi connectivity index (χ0v) is 12.2. The lowest BCUT2D eigenvalue weighted by molar-refractivity contribution is 0.0938. The number of alkyl carbamates (subject to hydrolysis) is 1. The highest BCUT2D eigenvalue weighted by atomic mass is 32.1. The van der Waals surface area contributed by atoms with Gasteiger partial charge in [0.25, 0.3) is 11.8 Å². The summed E-state index contributed by atoms with van der Waals surface area (Å²) < 4.78 is 17.9. The zero-order valence-electron chi connectivity index (χ0n) is 11.4. The molecule has 0 radical (unpaired) electrons. The fourth-order valence-corrected chi connectivity index (χ4v) is 2.39. The van der Waals surface area contributed by atoms with Crippen molar-refractivity contribution in [3.8, 4) is 0 Å². The van der Waals surface area contributed by atoms with Gasteiger partial charge in [0.1, 0.15) is 10.8 Å². The van der Waals surface area contributed by atoms with Gasteiger partial charge in [0, 0.05) is 0 Å². The number of halogens is 1. The van der Waals surface area contributed by atoms with Gasteiger partial charge in [-0.15, -0.1) is 11.3 Å². The van der Waals surface area contributed by atoms with Crippen LogP contribution in [0.5, 0.6) is 0 Å². The maximum Gasteiger partial charge on any atom is 0.413 e. The molecule has 2 N–H and O–H groups in total. The van der Waals surface area contributed by atoms with Crippen molar-refractivity contribution in [3.63, 3.8) is 0 Å². The molecule has 0 saturated carbocycles. The van der Waals surface area contributed by atoms with Gasteiger partial charge in [0.15, 0.2) is 0 Å². The summed E-state index contributed by atoms with van der Waals surface area (Å²) in [6.45, 7) is 0. The zero-order chi connectivity index (χ0) is 16.1. The van der Waals surface area contributed by atoms with E-state index in [9.17, 15) is 18.8 Å². The second kappa shape index (κ2) is 6.81. The average molecular weight is 322 g/mol. The van der Waals surface area contributed by atoms with E-state index in [4.69, 9.17) is 0 Å². The monoisotopic (exact) mass is 322 g/mol. The van der Waals surface area contributed by atoms with Gasteiger partial charge in [-0.3, -0.25) is 14.9 Å². The van der Waals surface area contributed by atoms with E-state index in [0.29, 0.717) is 0 Å². The van der Waals surface area contributed by atoms with E-state index in [1.54, 1.807) is 5.38 Å². The highest BCUT2D eigenvalue weighted by molar-refractivity contribution is 7.14. The summed E-state index contributed by atoms with van der Waals surface area (Å²) in [4.78, 5) is 34.9. The van der Waals surface area contributed by atoms with Gasteiger partial charge < -0.3 is 10.1 Å². The maximum absolute atomic E-state index is 13.5. The molecule has 3 amide bonds. The number of carbonyl (C=O) groups excluding carboxylic acids is 3. The number of amides is 3. The molecule has 6 nitrogen and oxygen atoms in total. The molecule has 1 aromatic heterocycles. The molecule has 0 aliphatic rings. The van der Waals surface area contributed by atoms with Crippen LogP contribution in [0.25, 0.3) is 0 Å². The predicted molar refractivity (Wildman–Crippen MR) is 78.5 cm³/mol. The molecule has 0 atom stereocenters. The third-order valence-electron chi connectivity index (χ3n) is 2.66. The number of nitrogens with one attached hydrogen (secondary N) is 2. The minimum atomic E-state index is -0.914. The smallest absolute Gasteiger partial charge is 0.413 e. The van der Waals surface area contributed by atoms with Crippen LogP contribution in [0.3, 0.4) is 0 Å². The molecule has 8 heteroatoms. The first kappa shape index (κ1) is 15.6. The molecule has 114 valence electrons. The highest BCUT2D eigenvalue weighted by Gasteiger charge is 2.19. The van der Waals surface area contributed by atoms with Crippen LogP contribution < -0.4 is 10.6 Å². The largest absolute Gasteiger partial charge is 0.453 e. The molecular weight excluding hydrogens is 311 g/mol. The summed E-state index contributed by atoms with van der Waals surface area (Å²) in [5.74, 6) is -2.08. The highest BCUT2D eigenvalue weighted by Crippen LogP contribution is 2.24. The van der Waals surface area contributed by atoms with Crippen LogP contribution in [-0.2, 0) is 4.74 Å². The van der Waals surface area contributed by atoms with Crippen LogP contribution >= 0.6 is 11.3 Å². The Morgan fingerprint density at radius 1 is 1.09 bits per heavy atom. The quantitative estimate of drug-likeness (QED) is 0.910. The number of thiophene rings is 1. The SMILES string of the molecule is COC(=O)NC(=O)c1ccsc1NC(=O)c1ccccc1F. The first-order valence-electron chi connectivity index (χ1n) is 6.05. The minimum absolute atomic E-state index is 0.0834. The molecule has 22 heavy (non-hydrogen) atoms. The van der Waals surface area contributed by atoms with E-state index in [0.717, 1.165) is 24.5 Å². The van der Waals surface area contributed by atoms with Crippen molar-refractivity contribution in [1.29, 1.82) is 0 Å². The van der Waals surface area contributed by atoms with Gasteiger partial charge >= 0.3 is 6.09 Å². The standard InChI is InChI=1S/C14H11FN2O4S/c1-21-14(20)17-12(19)9-6-7-22-13(9)16-11(18)8-4-2-3-5-10(8)15/h2-7H,1H3,(H,16,18)(H,17,19,20). The van der Waals surface area contributed by atoms with Crippen LogP contribution in [0.1, 0.15) is 20.7 Å². The van der Waals surface area contributed by atoms with Crippen molar-refractivity contribution in [2.45, 2.75) is 0 Å². The normalized spacial score (nSPS) is 9.91. The van der Waals surface area contributed by atoms with E-state index >= 15 is 0 Å². The molecule has 1 heterocycles. The van der Waals surface area contributed by atoms with Gasteiger partial charge in [-0.25, -0.2) is 9.18 Å². The predicted octanol–water partition coefficient (Wildman–Crippen LogP) is 2.64. The van der Waals surface area contributed by atoms with Crippen LogP contribution in [0, 0.1) is 5.82 Å². The molecule has 1 aromatic carbocycles. The number of anilines is 1. The summed E-state index contributed by atoms with van der Waals surface area (Å²) in [6, 6.07) is 6.91. The number of ether oxygens (including phenoxy) is 1. The maximum atomic E-state index is 13.5. The number of rotatable bonds is 3. The Hall–Kier alpha value is -2.74. The molecule has 2 rings (SSSR count). The molecule has 0 aliphatic heterocycles. The van der Waals surface area contributed by atoms with E-state index in [-0.39, 0.29) is 16.1 Å². The number of benzene rings is 1. The molecule has 0 fully saturated rings. The second-order valence-corrected chi connectivity index (χ2v) is 4.96. The molecule has 0 aliphatic carbocycles. The van der Waals surface area contributed by atoms with Gasteiger partial charge in [-0.1, -0.05) is 12.1 Å². The van der Waals surface area contributed by atoms with Crippen molar-refractivity contribution in [2.75, 3.05) is 12.4 Å².